The molecule has 0 radical (unpaired) electrons. The highest BCUT2D eigenvalue weighted by atomic mass is 16.3. The van der Waals surface area contributed by atoms with Gasteiger partial charge in [0.2, 0.25) is 5.91 Å². The van der Waals surface area contributed by atoms with E-state index in [4.69, 9.17) is 4.98 Å². The number of phenolic OH excluding ortho intramolecular Hbond substituents is 1. The lowest BCUT2D eigenvalue weighted by Gasteiger charge is -2.56. The van der Waals surface area contributed by atoms with Crippen LogP contribution in [0.15, 0.2) is 97.2 Å². The lowest BCUT2D eigenvalue weighted by molar-refractivity contribution is -0.126. The number of piperidine rings is 2. The third-order valence-electron chi connectivity index (χ3n) is 14.2. The number of nitrogens with one attached hydrogen (secondary N) is 1. The SMILES string of the molecule is C=C1CCC(N2Cc3nc(N4CCN(C5CC6(CCN(c7ccc([C@H]8c9ccc(O)cc9CC[C@H]8c8ccccc8)cc7)CC6)C5)CC4)ccc3C2=O)C(=O)N1. The van der Waals surface area contributed by atoms with E-state index in [1.807, 2.05) is 24.3 Å². The Morgan fingerprint density at radius 2 is 1.55 bits per heavy atom. The van der Waals surface area contributed by atoms with Crippen molar-refractivity contribution in [2.24, 2.45) is 5.41 Å². The van der Waals surface area contributed by atoms with Crippen molar-refractivity contribution in [1.82, 2.24) is 20.1 Å². The predicted octanol–water partition coefficient (Wildman–Crippen LogP) is 6.97. The fourth-order valence-electron chi connectivity index (χ4n) is 11.0. The van der Waals surface area contributed by atoms with Crippen molar-refractivity contribution in [3.8, 4) is 5.75 Å². The van der Waals surface area contributed by atoms with Gasteiger partial charge in [0.1, 0.15) is 17.6 Å². The summed E-state index contributed by atoms with van der Waals surface area (Å²) in [4.78, 5) is 40.1. The fourth-order valence-corrected chi connectivity index (χ4v) is 11.0. The Morgan fingerprint density at radius 3 is 2.30 bits per heavy atom. The molecule has 5 heterocycles. The number of hydrogen-bond donors (Lipinski definition) is 2. The van der Waals surface area contributed by atoms with Crippen LogP contribution in [0.5, 0.6) is 5.75 Å². The summed E-state index contributed by atoms with van der Waals surface area (Å²) in [5.74, 6) is 1.74. The number of rotatable bonds is 6. The molecule has 9 heteroatoms. The minimum atomic E-state index is -0.462. The second-order valence-electron chi connectivity index (χ2n) is 17.3. The standard InChI is InChI=1S/C47H52N6O3/c1-31-7-17-42(45(55)48-31)53-30-41-40(46(53)56)16-18-43(49-41)52-25-23-51(24-26-52)36-28-47(29-36)19-21-50(22-20-47)35-11-8-33(9-12-35)44-38(32-5-3-2-4-6-32)14-10-34-27-37(54)13-15-39(34)44/h2-6,8-9,11-13,15-16,18,27,36,38,42,44,54H,1,7,10,14,17,19-26,28-30H2,(H,48,55)/t38-,42?,44+/m0/s1. The van der Waals surface area contributed by atoms with Crippen LogP contribution in [0.25, 0.3) is 0 Å². The number of allylic oxidation sites excluding steroid dienone is 1. The molecule has 1 aromatic heterocycles. The molecule has 3 atom stereocenters. The minimum absolute atomic E-state index is 0.0966. The van der Waals surface area contributed by atoms with Crippen molar-refractivity contribution < 1.29 is 14.7 Å². The third kappa shape index (κ3) is 6.34. The first-order valence-corrected chi connectivity index (χ1v) is 20.8. The molecule has 4 fully saturated rings. The molecule has 6 aliphatic rings. The lowest BCUT2D eigenvalue weighted by atomic mass is 9.60. The molecule has 9 nitrogen and oxygen atoms in total. The normalized spacial score (nSPS) is 25.2. The number of hydrogen-bond acceptors (Lipinski definition) is 7. The van der Waals surface area contributed by atoms with Gasteiger partial charge in [-0.25, -0.2) is 4.98 Å². The maximum absolute atomic E-state index is 13.2. The van der Waals surface area contributed by atoms with Crippen molar-refractivity contribution in [3.63, 3.8) is 0 Å². The minimum Gasteiger partial charge on any atom is -0.508 e. The van der Waals surface area contributed by atoms with Crippen LogP contribution in [0, 0.1) is 5.41 Å². The monoisotopic (exact) mass is 748 g/mol. The second kappa shape index (κ2) is 14.1. The Labute approximate surface area is 330 Å². The van der Waals surface area contributed by atoms with E-state index >= 15 is 0 Å². The summed E-state index contributed by atoms with van der Waals surface area (Å²) in [6.45, 7) is 10.4. The average Bonchev–Trinajstić information content (AvgIpc) is 3.54. The molecule has 1 saturated carbocycles. The van der Waals surface area contributed by atoms with Crippen molar-refractivity contribution in [1.29, 1.82) is 0 Å². The first kappa shape index (κ1) is 35.3. The molecule has 0 bridgehead atoms. The summed E-state index contributed by atoms with van der Waals surface area (Å²) in [6.07, 6.45) is 8.48. The molecule has 3 aromatic carbocycles. The van der Waals surface area contributed by atoms with Gasteiger partial charge in [-0.15, -0.1) is 0 Å². The molecule has 10 rings (SSSR count). The van der Waals surface area contributed by atoms with E-state index in [2.05, 4.69) is 87.3 Å². The number of carbonyl (C=O) groups is 2. The lowest BCUT2D eigenvalue weighted by Crippen LogP contribution is -2.59. The maximum atomic E-state index is 13.2. The zero-order chi connectivity index (χ0) is 38.0. The van der Waals surface area contributed by atoms with Gasteiger partial charge < -0.3 is 25.1 Å². The number of aromatic nitrogens is 1. The van der Waals surface area contributed by atoms with Crippen LogP contribution in [0.1, 0.15) is 95.1 Å². The highest BCUT2D eigenvalue weighted by Gasteiger charge is 2.48. The molecule has 56 heavy (non-hydrogen) atoms. The molecule has 2 aliphatic carbocycles. The van der Waals surface area contributed by atoms with Gasteiger partial charge in [0.25, 0.3) is 5.91 Å². The van der Waals surface area contributed by atoms with Crippen LogP contribution in [-0.4, -0.2) is 83.1 Å². The number of pyridine rings is 1. The number of piperazine rings is 1. The Hall–Kier alpha value is -5.15. The van der Waals surface area contributed by atoms with Crippen molar-refractivity contribution in [2.75, 3.05) is 49.1 Å². The number of amides is 2. The Morgan fingerprint density at radius 1 is 0.786 bits per heavy atom. The third-order valence-corrected chi connectivity index (χ3v) is 14.2. The van der Waals surface area contributed by atoms with Crippen molar-refractivity contribution in [3.05, 3.63) is 131 Å². The highest BCUT2D eigenvalue weighted by molar-refractivity contribution is 6.01. The van der Waals surface area contributed by atoms with E-state index in [9.17, 15) is 14.7 Å². The van der Waals surface area contributed by atoms with Crippen LogP contribution >= 0.6 is 0 Å². The van der Waals surface area contributed by atoms with Gasteiger partial charge in [-0.05, 0) is 121 Å². The van der Waals surface area contributed by atoms with Crippen molar-refractivity contribution >= 4 is 23.3 Å². The van der Waals surface area contributed by atoms with Gasteiger partial charge in [-0.3, -0.25) is 14.5 Å². The van der Waals surface area contributed by atoms with Gasteiger partial charge in [0.15, 0.2) is 0 Å². The van der Waals surface area contributed by atoms with Gasteiger partial charge in [0.05, 0.1) is 17.8 Å². The summed E-state index contributed by atoms with van der Waals surface area (Å²) < 4.78 is 0. The first-order chi connectivity index (χ1) is 27.3. The van der Waals surface area contributed by atoms with E-state index < -0.39 is 6.04 Å². The maximum Gasteiger partial charge on any atom is 0.256 e. The largest absolute Gasteiger partial charge is 0.508 e. The summed E-state index contributed by atoms with van der Waals surface area (Å²) in [5, 5.41) is 13.1. The van der Waals surface area contributed by atoms with Crippen LogP contribution in [0.2, 0.25) is 0 Å². The van der Waals surface area contributed by atoms with E-state index in [0.29, 0.717) is 48.1 Å². The Kier molecular flexibility index (Phi) is 8.88. The van der Waals surface area contributed by atoms with Crippen molar-refractivity contribution in [2.45, 2.75) is 81.8 Å². The average molecular weight is 749 g/mol. The molecule has 4 aliphatic heterocycles. The zero-order valence-corrected chi connectivity index (χ0v) is 32.2. The van der Waals surface area contributed by atoms with E-state index in [1.165, 1.54) is 53.6 Å². The molecular formula is C47H52N6O3. The number of aryl methyl sites for hydroxylation is 1. The van der Waals surface area contributed by atoms with E-state index in [0.717, 1.165) is 69.3 Å². The summed E-state index contributed by atoms with van der Waals surface area (Å²) in [7, 11) is 0. The van der Waals surface area contributed by atoms with Crippen LogP contribution < -0.4 is 15.1 Å². The Bertz CT molecular complexity index is 2150. The second-order valence-corrected chi connectivity index (χ2v) is 17.3. The van der Waals surface area contributed by atoms with Gasteiger partial charge in [-0.1, -0.05) is 55.1 Å². The number of nitrogens with zero attached hydrogens (tertiary/aromatic N) is 5. The van der Waals surface area contributed by atoms with Gasteiger partial charge >= 0.3 is 0 Å². The van der Waals surface area contributed by atoms with Crippen LogP contribution in [0.3, 0.4) is 0 Å². The molecule has 1 spiro atoms. The molecule has 3 saturated heterocycles. The fraction of sp³-hybridized carbons (Fsp3) is 0.426. The summed E-state index contributed by atoms with van der Waals surface area (Å²) in [5.41, 5.74) is 9.30. The Balaban J connectivity index is 0.728. The predicted molar refractivity (Wildman–Crippen MR) is 219 cm³/mol. The number of anilines is 2. The number of carbonyl (C=O) groups excluding carboxylic acids is 2. The summed E-state index contributed by atoms with van der Waals surface area (Å²) >= 11 is 0. The molecule has 288 valence electrons. The number of fused-ring (bicyclic) bond motifs is 2. The smallest absolute Gasteiger partial charge is 0.256 e. The molecule has 2 N–H and O–H groups in total. The van der Waals surface area contributed by atoms with E-state index in [1.54, 1.807) is 4.90 Å². The van der Waals surface area contributed by atoms with Crippen LogP contribution in [-0.2, 0) is 17.8 Å². The molecular weight excluding hydrogens is 697 g/mol. The molecule has 4 aromatic rings. The van der Waals surface area contributed by atoms with E-state index in [-0.39, 0.29) is 17.7 Å². The highest BCUT2D eigenvalue weighted by Crippen LogP contribution is 2.52. The first-order valence-electron chi connectivity index (χ1n) is 20.8. The zero-order valence-electron chi connectivity index (χ0n) is 32.2. The number of benzene rings is 3. The van der Waals surface area contributed by atoms with Gasteiger partial charge in [0, 0.05) is 62.6 Å². The van der Waals surface area contributed by atoms with Crippen LogP contribution in [0.4, 0.5) is 11.5 Å². The number of aromatic hydroxyl groups is 1. The summed E-state index contributed by atoms with van der Waals surface area (Å²) in [6, 6.07) is 30.5. The molecule has 1 unspecified atom stereocenters. The topological polar surface area (TPSA) is 92.3 Å². The van der Waals surface area contributed by atoms with Gasteiger partial charge in [-0.2, -0.15) is 0 Å². The molecule has 2 amide bonds. The quantitative estimate of drug-likeness (QED) is 0.220. The number of phenols is 1.